The van der Waals surface area contributed by atoms with Crippen molar-refractivity contribution in [2.45, 2.75) is 26.2 Å². The van der Waals surface area contributed by atoms with Crippen LogP contribution < -0.4 is 5.32 Å². The quantitative estimate of drug-likeness (QED) is 0.867. The fraction of sp³-hybridized carbons (Fsp3) is 0.538. The number of rotatable bonds is 2. The van der Waals surface area contributed by atoms with Crippen LogP contribution in [0.2, 0.25) is 0 Å². The third-order valence-electron chi connectivity index (χ3n) is 3.12. The number of aryl methyl sites for hydroxylation is 1. The van der Waals surface area contributed by atoms with Gasteiger partial charge in [-0.25, -0.2) is 0 Å². The third-order valence-corrected chi connectivity index (χ3v) is 3.85. The second-order valence-electron chi connectivity index (χ2n) is 4.51. The van der Waals surface area contributed by atoms with Gasteiger partial charge in [-0.2, -0.15) is 0 Å². The van der Waals surface area contributed by atoms with Gasteiger partial charge in [0.05, 0.1) is 0 Å². The SMILES string of the molecule is Cc1ccc(CC2CCCNC2)c(Br)c1. The summed E-state index contributed by atoms with van der Waals surface area (Å²) in [4.78, 5) is 0. The Labute approximate surface area is 100 Å². The first-order valence-electron chi connectivity index (χ1n) is 5.71. The number of halogens is 1. The lowest BCUT2D eigenvalue weighted by molar-refractivity contribution is 0.375. The third kappa shape index (κ3) is 3.05. The summed E-state index contributed by atoms with van der Waals surface area (Å²) >= 11 is 3.65. The van der Waals surface area contributed by atoms with Crippen LogP contribution in [0, 0.1) is 12.8 Å². The Bertz CT molecular complexity index is 329. The summed E-state index contributed by atoms with van der Waals surface area (Å²) in [5.74, 6) is 0.817. The van der Waals surface area contributed by atoms with Gasteiger partial charge >= 0.3 is 0 Å². The molecule has 0 amide bonds. The van der Waals surface area contributed by atoms with Crippen LogP contribution in [0.4, 0.5) is 0 Å². The van der Waals surface area contributed by atoms with Crippen molar-refractivity contribution in [3.63, 3.8) is 0 Å². The van der Waals surface area contributed by atoms with E-state index in [-0.39, 0.29) is 0 Å². The molecule has 0 saturated carbocycles. The molecule has 0 aromatic heterocycles. The van der Waals surface area contributed by atoms with Crippen molar-refractivity contribution in [2.24, 2.45) is 5.92 Å². The number of hydrogen-bond donors (Lipinski definition) is 1. The van der Waals surface area contributed by atoms with Crippen LogP contribution in [-0.2, 0) is 6.42 Å². The van der Waals surface area contributed by atoms with E-state index in [1.54, 1.807) is 0 Å². The van der Waals surface area contributed by atoms with E-state index < -0.39 is 0 Å². The van der Waals surface area contributed by atoms with Crippen LogP contribution in [0.3, 0.4) is 0 Å². The van der Waals surface area contributed by atoms with Gasteiger partial charge in [0, 0.05) is 4.47 Å². The van der Waals surface area contributed by atoms with Crippen LogP contribution in [0.15, 0.2) is 22.7 Å². The second kappa shape index (κ2) is 5.13. The highest BCUT2D eigenvalue weighted by molar-refractivity contribution is 9.10. The molecule has 0 spiro atoms. The zero-order valence-electron chi connectivity index (χ0n) is 9.22. The standard InChI is InChI=1S/C13H18BrN/c1-10-4-5-12(13(14)7-10)8-11-3-2-6-15-9-11/h4-5,7,11,15H,2-3,6,8-9H2,1H3. The molecular formula is C13H18BrN. The Morgan fingerprint density at radius 1 is 1.47 bits per heavy atom. The van der Waals surface area contributed by atoms with E-state index >= 15 is 0 Å². The molecule has 1 aromatic rings. The Kier molecular flexibility index (Phi) is 3.81. The molecule has 0 radical (unpaired) electrons. The topological polar surface area (TPSA) is 12.0 Å². The number of piperidine rings is 1. The smallest absolute Gasteiger partial charge is 0.0210 e. The molecule has 1 fully saturated rings. The van der Waals surface area contributed by atoms with Gasteiger partial charge in [-0.15, -0.1) is 0 Å². The fourth-order valence-electron chi connectivity index (χ4n) is 2.23. The van der Waals surface area contributed by atoms with E-state index in [1.165, 1.54) is 48.0 Å². The second-order valence-corrected chi connectivity index (χ2v) is 5.37. The Hall–Kier alpha value is -0.340. The summed E-state index contributed by atoms with van der Waals surface area (Å²) in [7, 11) is 0. The first kappa shape index (κ1) is 11.2. The van der Waals surface area contributed by atoms with Crippen molar-refractivity contribution in [1.29, 1.82) is 0 Å². The predicted molar refractivity (Wildman–Crippen MR) is 68.2 cm³/mol. The first-order chi connectivity index (χ1) is 7.25. The summed E-state index contributed by atoms with van der Waals surface area (Å²) in [5.41, 5.74) is 2.78. The summed E-state index contributed by atoms with van der Waals surface area (Å²) in [6.45, 7) is 4.52. The summed E-state index contributed by atoms with van der Waals surface area (Å²) in [6, 6.07) is 6.68. The van der Waals surface area contributed by atoms with Crippen molar-refractivity contribution < 1.29 is 0 Å². The molecular weight excluding hydrogens is 250 g/mol. The van der Waals surface area contributed by atoms with Gasteiger partial charge < -0.3 is 5.32 Å². The number of hydrogen-bond acceptors (Lipinski definition) is 1. The van der Waals surface area contributed by atoms with Gasteiger partial charge in [-0.1, -0.05) is 28.1 Å². The Morgan fingerprint density at radius 2 is 2.33 bits per heavy atom. The zero-order valence-corrected chi connectivity index (χ0v) is 10.8. The largest absolute Gasteiger partial charge is 0.316 e. The molecule has 1 N–H and O–H groups in total. The highest BCUT2D eigenvalue weighted by Crippen LogP contribution is 2.23. The average molecular weight is 268 g/mol. The summed E-state index contributed by atoms with van der Waals surface area (Å²) in [6.07, 6.45) is 3.90. The van der Waals surface area contributed by atoms with Crippen LogP contribution >= 0.6 is 15.9 Å². The molecule has 1 aliphatic heterocycles. The molecule has 1 nitrogen and oxygen atoms in total. The van der Waals surface area contributed by atoms with Crippen molar-refractivity contribution in [1.82, 2.24) is 5.32 Å². The van der Waals surface area contributed by atoms with Crippen molar-refractivity contribution in [3.8, 4) is 0 Å². The molecule has 15 heavy (non-hydrogen) atoms. The van der Waals surface area contributed by atoms with E-state index in [0.717, 1.165) is 5.92 Å². The van der Waals surface area contributed by atoms with Gasteiger partial charge in [0.25, 0.3) is 0 Å². The minimum absolute atomic E-state index is 0.817. The summed E-state index contributed by atoms with van der Waals surface area (Å²) in [5, 5.41) is 3.47. The van der Waals surface area contributed by atoms with E-state index in [1.807, 2.05) is 0 Å². The molecule has 1 aromatic carbocycles. The molecule has 2 rings (SSSR count). The lowest BCUT2D eigenvalue weighted by Gasteiger charge is -2.23. The normalized spacial score (nSPS) is 21.6. The van der Waals surface area contributed by atoms with Crippen LogP contribution in [-0.4, -0.2) is 13.1 Å². The van der Waals surface area contributed by atoms with E-state index in [0.29, 0.717) is 0 Å². The maximum atomic E-state index is 3.65. The molecule has 1 aliphatic rings. The van der Waals surface area contributed by atoms with Gasteiger partial charge in [0.1, 0.15) is 0 Å². The number of benzene rings is 1. The van der Waals surface area contributed by atoms with Crippen LogP contribution in [0.25, 0.3) is 0 Å². The highest BCUT2D eigenvalue weighted by atomic mass is 79.9. The predicted octanol–water partition coefficient (Wildman–Crippen LogP) is 3.30. The lowest BCUT2D eigenvalue weighted by Crippen LogP contribution is -2.30. The van der Waals surface area contributed by atoms with E-state index in [2.05, 4.69) is 46.4 Å². The molecule has 1 unspecified atom stereocenters. The minimum Gasteiger partial charge on any atom is -0.316 e. The molecule has 82 valence electrons. The van der Waals surface area contributed by atoms with Gasteiger partial charge in [0.15, 0.2) is 0 Å². The summed E-state index contributed by atoms with van der Waals surface area (Å²) < 4.78 is 1.27. The molecule has 0 aliphatic carbocycles. The van der Waals surface area contributed by atoms with Crippen LogP contribution in [0.5, 0.6) is 0 Å². The Morgan fingerprint density at radius 3 is 3.00 bits per heavy atom. The van der Waals surface area contributed by atoms with Gasteiger partial charge in [-0.3, -0.25) is 0 Å². The van der Waals surface area contributed by atoms with Gasteiger partial charge in [0.2, 0.25) is 0 Å². The molecule has 0 bridgehead atoms. The van der Waals surface area contributed by atoms with Crippen molar-refractivity contribution in [2.75, 3.05) is 13.1 Å². The van der Waals surface area contributed by atoms with E-state index in [9.17, 15) is 0 Å². The molecule has 2 heteroatoms. The zero-order chi connectivity index (χ0) is 10.7. The first-order valence-corrected chi connectivity index (χ1v) is 6.51. The van der Waals surface area contributed by atoms with E-state index in [4.69, 9.17) is 0 Å². The number of nitrogens with one attached hydrogen (secondary N) is 1. The average Bonchev–Trinajstić information content (AvgIpc) is 2.24. The minimum atomic E-state index is 0.817. The Balaban J connectivity index is 2.03. The molecule has 1 atom stereocenters. The van der Waals surface area contributed by atoms with Crippen molar-refractivity contribution in [3.05, 3.63) is 33.8 Å². The molecule has 1 saturated heterocycles. The van der Waals surface area contributed by atoms with Gasteiger partial charge in [-0.05, 0) is 62.4 Å². The fourth-order valence-corrected chi connectivity index (χ4v) is 2.88. The lowest BCUT2D eigenvalue weighted by atomic mass is 9.92. The highest BCUT2D eigenvalue weighted by Gasteiger charge is 2.14. The van der Waals surface area contributed by atoms with Crippen LogP contribution in [0.1, 0.15) is 24.0 Å². The maximum absolute atomic E-state index is 3.65. The maximum Gasteiger partial charge on any atom is 0.0210 e. The van der Waals surface area contributed by atoms with Crippen molar-refractivity contribution >= 4 is 15.9 Å². The molecule has 1 heterocycles. The monoisotopic (exact) mass is 267 g/mol.